The Morgan fingerprint density at radius 3 is 1.74 bits per heavy atom. The van der Waals surface area contributed by atoms with E-state index in [2.05, 4.69) is 0 Å². The monoisotopic (exact) mass is 338 g/mol. The molecule has 2 saturated carbocycles. The van der Waals surface area contributed by atoms with Crippen molar-refractivity contribution in [3.05, 3.63) is 0 Å². The average molecular weight is 338 g/mol. The van der Waals surface area contributed by atoms with Crippen molar-refractivity contribution in [1.82, 2.24) is 0 Å². The van der Waals surface area contributed by atoms with Crippen LogP contribution in [0.25, 0.3) is 0 Å². The normalized spacial score (nSPS) is 27.7. The van der Waals surface area contributed by atoms with Gasteiger partial charge in [-0.2, -0.15) is 17.6 Å². The highest BCUT2D eigenvalue weighted by atomic mass is 19.3. The highest BCUT2D eigenvalue weighted by Crippen LogP contribution is 2.53. The van der Waals surface area contributed by atoms with Crippen molar-refractivity contribution >= 4 is 5.78 Å². The molecule has 3 fully saturated rings. The zero-order valence-corrected chi connectivity index (χ0v) is 13.0. The van der Waals surface area contributed by atoms with Crippen molar-refractivity contribution in [2.24, 2.45) is 11.8 Å². The van der Waals surface area contributed by atoms with E-state index in [1.807, 2.05) is 0 Å². The number of hydrogen-bond acceptors (Lipinski definition) is 3. The predicted octanol–water partition coefficient (Wildman–Crippen LogP) is 3.95. The molecule has 7 heteroatoms. The van der Waals surface area contributed by atoms with Gasteiger partial charge in [0.05, 0.1) is 13.2 Å². The molecule has 3 rings (SSSR count). The summed E-state index contributed by atoms with van der Waals surface area (Å²) in [6, 6.07) is 0. The lowest BCUT2D eigenvalue weighted by Gasteiger charge is -2.43. The molecule has 0 aromatic carbocycles. The molecular formula is C16H22F4O3. The van der Waals surface area contributed by atoms with Crippen LogP contribution in [-0.4, -0.2) is 36.6 Å². The van der Waals surface area contributed by atoms with Crippen molar-refractivity contribution in [2.75, 3.05) is 13.2 Å². The molecule has 0 radical (unpaired) electrons. The summed E-state index contributed by atoms with van der Waals surface area (Å²) in [5.74, 6) is -11.9. The van der Waals surface area contributed by atoms with Gasteiger partial charge in [-0.1, -0.05) is 0 Å². The maximum absolute atomic E-state index is 14.5. The van der Waals surface area contributed by atoms with E-state index >= 15 is 0 Å². The summed E-state index contributed by atoms with van der Waals surface area (Å²) in [6.45, 7) is 0.848. The summed E-state index contributed by atoms with van der Waals surface area (Å²) in [5, 5.41) is 0. The second kappa shape index (κ2) is 5.99. The van der Waals surface area contributed by atoms with Gasteiger partial charge in [0.1, 0.15) is 5.78 Å². The minimum atomic E-state index is -4.07. The molecule has 0 bridgehead atoms. The van der Waals surface area contributed by atoms with Gasteiger partial charge in [-0.25, -0.2) is 0 Å². The van der Waals surface area contributed by atoms with E-state index in [1.165, 1.54) is 0 Å². The summed E-state index contributed by atoms with van der Waals surface area (Å²) in [4.78, 5) is 11.2. The molecule has 2 aliphatic carbocycles. The number of hydrogen-bond donors (Lipinski definition) is 0. The third kappa shape index (κ3) is 3.02. The second-order valence-electron chi connectivity index (χ2n) is 6.94. The molecule has 0 aromatic rings. The number of ketones is 1. The van der Waals surface area contributed by atoms with E-state index in [9.17, 15) is 22.4 Å². The molecule has 1 spiro atoms. The second-order valence-corrected chi connectivity index (χ2v) is 6.94. The Morgan fingerprint density at radius 2 is 1.26 bits per heavy atom. The van der Waals surface area contributed by atoms with Crippen molar-refractivity contribution in [2.45, 2.75) is 69.0 Å². The Morgan fingerprint density at radius 1 is 0.826 bits per heavy atom. The van der Waals surface area contributed by atoms with Gasteiger partial charge in [0.25, 0.3) is 0 Å². The van der Waals surface area contributed by atoms with Crippen LogP contribution in [0.1, 0.15) is 51.4 Å². The standard InChI is InChI=1S/C16H22F4O3/c17-15(18,11-1-3-13(21)4-2-11)16(19,20)12-5-7-14(8-6-12)22-9-10-23-14/h11-12H,1-10H2. The third-order valence-corrected chi connectivity index (χ3v) is 5.57. The molecule has 0 N–H and O–H groups in total. The predicted molar refractivity (Wildman–Crippen MR) is 73.5 cm³/mol. The highest BCUT2D eigenvalue weighted by Gasteiger charge is 2.65. The molecule has 0 atom stereocenters. The smallest absolute Gasteiger partial charge is 0.313 e. The Labute approximate surface area is 132 Å². The Kier molecular flexibility index (Phi) is 4.46. The van der Waals surface area contributed by atoms with Crippen LogP contribution in [0.5, 0.6) is 0 Å². The van der Waals surface area contributed by atoms with Crippen LogP contribution < -0.4 is 0 Å². The number of halogens is 4. The molecule has 0 aromatic heterocycles. The molecule has 23 heavy (non-hydrogen) atoms. The summed E-state index contributed by atoms with van der Waals surface area (Å²) in [5.41, 5.74) is 0. The molecule has 1 heterocycles. The lowest BCUT2D eigenvalue weighted by Crippen LogP contribution is -2.54. The summed E-state index contributed by atoms with van der Waals surface area (Å²) >= 11 is 0. The van der Waals surface area contributed by atoms with Gasteiger partial charge in [-0.15, -0.1) is 0 Å². The van der Waals surface area contributed by atoms with E-state index < -0.39 is 29.5 Å². The van der Waals surface area contributed by atoms with Gasteiger partial charge in [0, 0.05) is 37.5 Å². The minimum absolute atomic E-state index is 0.0220. The van der Waals surface area contributed by atoms with Crippen LogP contribution in [0.2, 0.25) is 0 Å². The third-order valence-electron chi connectivity index (χ3n) is 5.57. The minimum Gasteiger partial charge on any atom is -0.348 e. The van der Waals surface area contributed by atoms with Gasteiger partial charge in [-0.05, 0) is 25.7 Å². The Bertz CT molecular complexity index is 440. The molecule has 0 amide bonds. The van der Waals surface area contributed by atoms with Gasteiger partial charge in [0.15, 0.2) is 5.79 Å². The lowest BCUT2D eigenvalue weighted by molar-refractivity contribution is -0.279. The maximum atomic E-state index is 14.5. The summed E-state index contributed by atoms with van der Waals surface area (Å²) in [7, 11) is 0. The SMILES string of the molecule is O=C1CCC(C(F)(F)C(F)(F)C2CCC3(CC2)OCCO3)CC1. The largest absolute Gasteiger partial charge is 0.348 e. The van der Waals surface area contributed by atoms with Gasteiger partial charge >= 0.3 is 11.8 Å². The zero-order valence-electron chi connectivity index (χ0n) is 13.0. The number of carbonyl (C=O) groups excluding carboxylic acids is 1. The summed E-state index contributed by atoms with van der Waals surface area (Å²) in [6.07, 6.45) is 0.0493. The number of alkyl halides is 4. The average Bonchev–Trinajstić information content (AvgIpc) is 2.96. The first-order chi connectivity index (χ1) is 10.8. The van der Waals surface area contributed by atoms with Crippen LogP contribution in [0.15, 0.2) is 0 Å². The van der Waals surface area contributed by atoms with Crippen LogP contribution in [0.4, 0.5) is 17.6 Å². The molecule has 132 valence electrons. The zero-order chi connectivity index (χ0) is 16.7. The van der Waals surface area contributed by atoms with E-state index in [4.69, 9.17) is 9.47 Å². The van der Waals surface area contributed by atoms with Crippen molar-refractivity contribution in [3.8, 4) is 0 Å². The first kappa shape index (κ1) is 17.1. The fourth-order valence-corrected chi connectivity index (χ4v) is 4.05. The highest BCUT2D eigenvalue weighted by molar-refractivity contribution is 5.79. The number of carbonyl (C=O) groups is 1. The molecule has 3 aliphatic rings. The summed E-state index contributed by atoms with van der Waals surface area (Å²) < 4.78 is 68.9. The van der Waals surface area contributed by atoms with Crippen LogP contribution in [0.3, 0.4) is 0 Å². The number of rotatable bonds is 3. The molecule has 0 unspecified atom stereocenters. The van der Waals surface area contributed by atoms with E-state index in [0.717, 1.165) is 0 Å². The fraction of sp³-hybridized carbons (Fsp3) is 0.938. The molecule has 1 saturated heterocycles. The van der Waals surface area contributed by atoms with Crippen molar-refractivity contribution < 1.29 is 31.8 Å². The van der Waals surface area contributed by atoms with Gasteiger partial charge in [-0.3, -0.25) is 4.79 Å². The Balaban J connectivity index is 1.66. The first-order valence-corrected chi connectivity index (χ1v) is 8.32. The van der Waals surface area contributed by atoms with Crippen LogP contribution in [-0.2, 0) is 14.3 Å². The van der Waals surface area contributed by atoms with Crippen LogP contribution in [0, 0.1) is 11.8 Å². The van der Waals surface area contributed by atoms with Crippen LogP contribution >= 0.6 is 0 Å². The Hall–Kier alpha value is -0.690. The first-order valence-electron chi connectivity index (χ1n) is 8.32. The van der Waals surface area contributed by atoms with E-state index in [0.29, 0.717) is 13.2 Å². The van der Waals surface area contributed by atoms with E-state index in [-0.39, 0.29) is 57.1 Å². The number of Topliss-reactive ketones (excluding diaryl/α,β-unsaturated/α-hetero) is 1. The van der Waals surface area contributed by atoms with Crippen molar-refractivity contribution in [3.63, 3.8) is 0 Å². The fourth-order valence-electron chi connectivity index (χ4n) is 4.05. The topological polar surface area (TPSA) is 35.5 Å². The molecule has 1 aliphatic heterocycles. The molecule has 3 nitrogen and oxygen atoms in total. The lowest BCUT2D eigenvalue weighted by atomic mass is 9.74. The molecular weight excluding hydrogens is 316 g/mol. The van der Waals surface area contributed by atoms with Crippen molar-refractivity contribution in [1.29, 1.82) is 0 Å². The number of ether oxygens (including phenoxy) is 2. The maximum Gasteiger partial charge on any atom is 0.313 e. The quantitative estimate of drug-likeness (QED) is 0.731. The van der Waals surface area contributed by atoms with Gasteiger partial charge < -0.3 is 9.47 Å². The van der Waals surface area contributed by atoms with Gasteiger partial charge in [0.2, 0.25) is 0 Å². The van der Waals surface area contributed by atoms with E-state index in [1.54, 1.807) is 0 Å².